The van der Waals surface area contributed by atoms with Gasteiger partial charge in [0.2, 0.25) is 5.91 Å². The number of hydrogen-bond donors (Lipinski definition) is 1. The maximum Gasteiger partial charge on any atom is 0.416 e. The van der Waals surface area contributed by atoms with Gasteiger partial charge in [-0.25, -0.2) is 0 Å². The van der Waals surface area contributed by atoms with Crippen molar-refractivity contribution in [1.82, 2.24) is 0 Å². The van der Waals surface area contributed by atoms with Crippen LogP contribution in [0.3, 0.4) is 0 Å². The molecular weight excluding hydrogens is 295 g/mol. The minimum absolute atomic E-state index is 0.207. The van der Waals surface area contributed by atoms with Crippen molar-refractivity contribution < 1.29 is 22.8 Å². The Morgan fingerprint density at radius 2 is 1.50 bits per heavy atom. The van der Waals surface area contributed by atoms with Crippen LogP contribution in [0, 0.1) is 0 Å². The number of alkyl halides is 3. The summed E-state index contributed by atoms with van der Waals surface area (Å²) in [4.78, 5) is 23.5. The van der Waals surface area contributed by atoms with E-state index in [0.29, 0.717) is 5.56 Å². The van der Waals surface area contributed by atoms with Gasteiger partial charge in [0.15, 0.2) is 5.78 Å². The molecule has 3 nitrogen and oxygen atoms in total. The Morgan fingerprint density at radius 3 is 2.05 bits per heavy atom. The minimum atomic E-state index is -4.42. The summed E-state index contributed by atoms with van der Waals surface area (Å²) < 4.78 is 37.2. The van der Waals surface area contributed by atoms with E-state index in [-0.39, 0.29) is 17.9 Å². The molecule has 2 aromatic carbocycles. The summed E-state index contributed by atoms with van der Waals surface area (Å²) in [5, 5.41) is 2.39. The largest absolute Gasteiger partial charge is 0.416 e. The number of ketones is 1. The smallest absolute Gasteiger partial charge is 0.326 e. The van der Waals surface area contributed by atoms with E-state index in [1.54, 1.807) is 30.3 Å². The number of Topliss-reactive ketones (excluding diaryl/α,β-unsaturated/α-hetero) is 1. The number of carbonyl (C=O) groups excluding carboxylic acids is 2. The van der Waals surface area contributed by atoms with Crippen LogP contribution in [0.4, 0.5) is 18.9 Å². The molecule has 0 atom stereocenters. The number of amides is 1. The van der Waals surface area contributed by atoms with Gasteiger partial charge in [0.05, 0.1) is 12.0 Å². The molecule has 1 amide bonds. The highest BCUT2D eigenvalue weighted by Gasteiger charge is 2.30. The molecule has 22 heavy (non-hydrogen) atoms. The van der Waals surface area contributed by atoms with Crippen molar-refractivity contribution in [3.05, 3.63) is 65.7 Å². The normalized spacial score (nSPS) is 11.0. The van der Waals surface area contributed by atoms with E-state index in [0.717, 1.165) is 24.3 Å². The highest BCUT2D eigenvalue weighted by molar-refractivity contribution is 6.10. The summed E-state index contributed by atoms with van der Waals surface area (Å²) >= 11 is 0. The highest BCUT2D eigenvalue weighted by atomic mass is 19.4. The maximum absolute atomic E-state index is 12.4. The van der Waals surface area contributed by atoms with Crippen LogP contribution in [0.1, 0.15) is 22.3 Å². The molecule has 1 N–H and O–H groups in total. The van der Waals surface area contributed by atoms with Crippen LogP contribution in [0.5, 0.6) is 0 Å². The maximum atomic E-state index is 12.4. The summed E-state index contributed by atoms with van der Waals surface area (Å²) in [6.45, 7) is 0. The SMILES string of the molecule is O=C(CC(=O)c1ccccc1)Nc1ccc(C(F)(F)F)cc1. The molecular formula is C16H12F3NO2. The van der Waals surface area contributed by atoms with Crippen molar-refractivity contribution in [2.24, 2.45) is 0 Å². The first-order chi connectivity index (χ1) is 10.4. The van der Waals surface area contributed by atoms with Gasteiger partial charge >= 0.3 is 6.18 Å². The average molecular weight is 307 g/mol. The molecule has 0 unspecified atom stereocenters. The highest BCUT2D eigenvalue weighted by Crippen LogP contribution is 2.29. The van der Waals surface area contributed by atoms with E-state index in [1.165, 1.54) is 0 Å². The molecule has 114 valence electrons. The van der Waals surface area contributed by atoms with Crippen molar-refractivity contribution in [3.63, 3.8) is 0 Å². The van der Waals surface area contributed by atoms with E-state index < -0.39 is 17.6 Å². The number of halogens is 3. The van der Waals surface area contributed by atoms with Crippen molar-refractivity contribution in [2.45, 2.75) is 12.6 Å². The molecule has 0 aliphatic rings. The van der Waals surface area contributed by atoms with E-state index in [9.17, 15) is 22.8 Å². The fourth-order valence-electron chi connectivity index (χ4n) is 1.82. The van der Waals surface area contributed by atoms with Crippen molar-refractivity contribution in [3.8, 4) is 0 Å². The first kappa shape index (κ1) is 15.8. The first-order valence-electron chi connectivity index (χ1n) is 6.41. The fraction of sp³-hybridized carbons (Fsp3) is 0.125. The Bertz CT molecular complexity index is 664. The van der Waals surface area contributed by atoms with Crippen molar-refractivity contribution in [1.29, 1.82) is 0 Å². The van der Waals surface area contributed by atoms with E-state index in [2.05, 4.69) is 5.32 Å². The molecule has 6 heteroatoms. The van der Waals surface area contributed by atoms with Gasteiger partial charge in [-0.1, -0.05) is 30.3 Å². The summed E-state index contributed by atoms with van der Waals surface area (Å²) in [5.74, 6) is -0.932. The monoisotopic (exact) mass is 307 g/mol. The molecule has 0 heterocycles. The Labute approximate surface area is 124 Å². The van der Waals surface area contributed by atoms with Crippen LogP contribution < -0.4 is 5.32 Å². The zero-order chi connectivity index (χ0) is 16.2. The van der Waals surface area contributed by atoms with Gasteiger partial charge in [0.25, 0.3) is 0 Å². The van der Waals surface area contributed by atoms with E-state index >= 15 is 0 Å². The molecule has 0 bridgehead atoms. The van der Waals surface area contributed by atoms with Gasteiger partial charge in [-0.3, -0.25) is 9.59 Å². The average Bonchev–Trinajstić information content (AvgIpc) is 2.47. The van der Waals surface area contributed by atoms with Crippen LogP contribution >= 0.6 is 0 Å². The fourth-order valence-corrected chi connectivity index (χ4v) is 1.82. The first-order valence-corrected chi connectivity index (χ1v) is 6.41. The van der Waals surface area contributed by atoms with E-state index in [4.69, 9.17) is 0 Å². The van der Waals surface area contributed by atoms with Gasteiger partial charge in [0.1, 0.15) is 0 Å². The summed E-state index contributed by atoms with van der Waals surface area (Å²) in [6.07, 6.45) is -4.79. The second-order valence-electron chi connectivity index (χ2n) is 4.59. The van der Waals surface area contributed by atoms with E-state index in [1.807, 2.05) is 0 Å². The van der Waals surface area contributed by atoms with Crippen molar-refractivity contribution >= 4 is 17.4 Å². The van der Waals surface area contributed by atoms with Crippen LogP contribution in [0.25, 0.3) is 0 Å². The molecule has 0 aromatic heterocycles. The predicted octanol–water partition coefficient (Wildman–Crippen LogP) is 3.92. The number of carbonyl (C=O) groups is 2. The van der Waals surface area contributed by atoms with Crippen molar-refractivity contribution in [2.75, 3.05) is 5.32 Å². The third-order valence-electron chi connectivity index (χ3n) is 2.91. The topological polar surface area (TPSA) is 46.2 Å². The zero-order valence-corrected chi connectivity index (χ0v) is 11.4. The van der Waals surface area contributed by atoms with Crippen LogP contribution in [-0.2, 0) is 11.0 Å². The summed E-state index contributed by atoms with van der Waals surface area (Å²) in [6, 6.07) is 12.3. The summed E-state index contributed by atoms with van der Waals surface area (Å²) in [5.41, 5.74) is -0.185. The van der Waals surface area contributed by atoms with Gasteiger partial charge < -0.3 is 5.32 Å². The van der Waals surface area contributed by atoms with Crippen LogP contribution in [-0.4, -0.2) is 11.7 Å². The van der Waals surface area contributed by atoms with Gasteiger partial charge in [0, 0.05) is 11.3 Å². The number of hydrogen-bond acceptors (Lipinski definition) is 2. The summed E-state index contributed by atoms with van der Waals surface area (Å²) in [7, 11) is 0. The second-order valence-corrected chi connectivity index (χ2v) is 4.59. The lowest BCUT2D eigenvalue weighted by Gasteiger charge is -2.08. The van der Waals surface area contributed by atoms with Crippen LogP contribution in [0.15, 0.2) is 54.6 Å². The number of rotatable bonds is 4. The molecule has 0 aliphatic carbocycles. The third-order valence-corrected chi connectivity index (χ3v) is 2.91. The standard InChI is InChI=1S/C16H12F3NO2/c17-16(18,19)12-6-8-13(9-7-12)20-15(22)10-14(21)11-4-2-1-3-5-11/h1-9H,10H2,(H,20,22). The third kappa shape index (κ3) is 4.18. The molecule has 0 saturated heterocycles. The Kier molecular flexibility index (Phi) is 4.60. The Hall–Kier alpha value is -2.63. The van der Waals surface area contributed by atoms with Gasteiger partial charge in [-0.05, 0) is 24.3 Å². The van der Waals surface area contributed by atoms with Gasteiger partial charge in [-0.15, -0.1) is 0 Å². The number of benzene rings is 2. The molecule has 0 radical (unpaired) electrons. The molecule has 0 aliphatic heterocycles. The lowest BCUT2D eigenvalue weighted by Crippen LogP contribution is -2.16. The van der Waals surface area contributed by atoms with Crippen LogP contribution in [0.2, 0.25) is 0 Å². The quantitative estimate of drug-likeness (QED) is 0.687. The molecule has 2 rings (SSSR count). The predicted molar refractivity (Wildman–Crippen MR) is 75.5 cm³/mol. The molecule has 2 aromatic rings. The zero-order valence-electron chi connectivity index (χ0n) is 11.4. The number of nitrogens with one attached hydrogen (secondary N) is 1. The lowest BCUT2D eigenvalue weighted by molar-refractivity contribution is -0.137. The Balaban J connectivity index is 1.96. The molecule has 0 spiro atoms. The second kappa shape index (κ2) is 6.43. The Morgan fingerprint density at radius 1 is 0.909 bits per heavy atom. The van der Waals surface area contributed by atoms with Gasteiger partial charge in [-0.2, -0.15) is 13.2 Å². The number of anilines is 1. The lowest BCUT2D eigenvalue weighted by atomic mass is 10.1. The molecule has 0 saturated carbocycles. The molecule has 0 fully saturated rings. The minimum Gasteiger partial charge on any atom is -0.326 e.